The van der Waals surface area contributed by atoms with Crippen molar-refractivity contribution in [1.82, 2.24) is 10.2 Å². The van der Waals surface area contributed by atoms with Crippen molar-refractivity contribution in [2.75, 3.05) is 26.1 Å². The lowest BCUT2D eigenvalue weighted by Crippen LogP contribution is -2.53. The normalized spacial score (nSPS) is 25.9. The van der Waals surface area contributed by atoms with E-state index < -0.39 is 41.1 Å². The molecule has 4 N–H and O–H groups in total. The molecule has 3 aliphatic heterocycles. The second-order valence-corrected chi connectivity index (χ2v) is 9.92. The van der Waals surface area contributed by atoms with Crippen molar-refractivity contribution in [2.24, 2.45) is 17.6 Å². The minimum absolute atomic E-state index is 0.00804. The van der Waals surface area contributed by atoms with Crippen LogP contribution in [-0.4, -0.2) is 55.3 Å². The quantitative estimate of drug-likeness (QED) is 0.444. The van der Waals surface area contributed by atoms with Crippen LogP contribution in [0, 0.1) is 11.8 Å². The molecule has 2 aromatic carbocycles. The number of benzene rings is 2. The molecule has 3 heterocycles. The summed E-state index contributed by atoms with van der Waals surface area (Å²) in [6.07, 6.45) is 0.607. The number of rotatable bonds is 8. The number of primary amides is 1. The van der Waals surface area contributed by atoms with Gasteiger partial charge >= 0.3 is 0 Å². The van der Waals surface area contributed by atoms with Gasteiger partial charge in [-0.05, 0) is 48.7 Å². The number of methoxy groups -OCH3 is 2. The number of amides is 4. The number of nitrogens with one attached hydrogen (secondary N) is 2. The fraction of sp³-hybridized carbons (Fsp3) is 0.385. The molecule has 0 aromatic heterocycles. The predicted molar refractivity (Wildman–Crippen MR) is 134 cm³/mol. The molecule has 2 aromatic rings. The lowest BCUT2D eigenvalue weighted by Gasteiger charge is -2.29. The summed E-state index contributed by atoms with van der Waals surface area (Å²) in [4.78, 5) is 53.7. The standard InChI is InChI=1S/C26H27ClN4O6/c1-36-18-7-3-13(11-19(18)37-2)9-10-31-23(33)21-17(6-8-20(28)32)30-26(22(21)24(31)34)15-12-14(27)4-5-16(15)29-25(26)35/h3-5,7,11-12,17,21-22,30H,6,8-10H2,1-2H3,(H2,28,32)(H,29,35)/t17-,21+,22-,26+/m0/s1. The number of carbonyl (C=O) groups excluding carboxylic acids is 4. The highest BCUT2D eigenvalue weighted by Gasteiger charge is 2.70. The van der Waals surface area contributed by atoms with Crippen molar-refractivity contribution in [3.8, 4) is 11.5 Å². The second kappa shape index (κ2) is 9.35. The third-order valence-electron chi connectivity index (χ3n) is 7.54. The van der Waals surface area contributed by atoms with Crippen LogP contribution in [-0.2, 0) is 31.1 Å². The number of carbonyl (C=O) groups is 4. The van der Waals surface area contributed by atoms with E-state index in [1.165, 1.54) is 12.0 Å². The first-order chi connectivity index (χ1) is 17.7. The summed E-state index contributed by atoms with van der Waals surface area (Å²) in [5.41, 5.74) is 5.80. The number of halogens is 1. The van der Waals surface area contributed by atoms with Crippen molar-refractivity contribution in [1.29, 1.82) is 0 Å². The summed E-state index contributed by atoms with van der Waals surface area (Å²) in [7, 11) is 3.08. The van der Waals surface area contributed by atoms with E-state index in [2.05, 4.69) is 10.6 Å². The SMILES string of the molecule is COc1ccc(CCN2C(=O)[C@@H]3[C@H](CCC(N)=O)N[C@@]4(C(=O)Nc5ccc(Cl)cc54)[C@@H]3C2=O)cc1OC. The van der Waals surface area contributed by atoms with Gasteiger partial charge in [0.05, 0.1) is 26.1 Å². The van der Waals surface area contributed by atoms with Crippen LogP contribution in [0.2, 0.25) is 5.02 Å². The van der Waals surface area contributed by atoms with Gasteiger partial charge in [-0.2, -0.15) is 0 Å². The maximum absolute atomic E-state index is 13.8. The van der Waals surface area contributed by atoms with Crippen LogP contribution in [0.4, 0.5) is 5.69 Å². The van der Waals surface area contributed by atoms with Gasteiger partial charge in [-0.15, -0.1) is 0 Å². The Balaban J connectivity index is 1.48. The van der Waals surface area contributed by atoms with Crippen molar-refractivity contribution >= 4 is 40.9 Å². The lowest BCUT2D eigenvalue weighted by molar-refractivity contribution is -0.142. The number of fused-ring (bicyclic) bond motifs is 4. The van der Waals surface area contributed by atoms with Crippen LogP contribution in [0.5, 0.6) is 11.5 Å². The van der Waals surface area contributed by atoms with Crippen LogP contribution in [0.15, 0.2) is 36.4 Å². The van der Waals surface area contributed by atoms with Crippen molar-refractivity contribution in [2.45, 2.75) is 30.8 Å². The monoisotopic (exact) mass is 526 g/mol. The van der Waals surface area contributed by atoms with Gasteiger partial charge < -0.3 is 20.5 Å². The molecule has 194 valence electrons. The molecule has 10 nitrogen and oxygen atoms in total. The summed E-state index contributed by atoms with van der Waals surface area (Å²) in [5, 5.41) is 6.49. The molecule has 1 spiro atoms. The zero-order valence-electron chi connectivity index (χ0n) is 20.4. The fourth-order valence-corrected chi connectivity index (χ4v) is 6.05. The number of nitrogens with two attached hydrogens (primary N) is 1. The number of imide groups is 1. The Bertz CT molecular complexity index is 1320. The first-order valence-electron chi connectivity index (χ1n) is 11.9. The molecule has 2 fully saturated rings. The van der Waals surface area contributed by atoms with Crippen LogP contribution in [0.25, 0.3) is 0 Å². The number of hydrogen-bond acceptors (Lipinski definition) is 7. The van der Waals surface area contributed by atoms with Crippen LogP contribution in [0.1, 0.15) is 24.0 Å². The van der Waals surface area contributed by atoms with Crippen molar-refractivity contribution in [3.05, 3.63) is 52.5 Å². The predicted octanol–water partition coefficient (Wildman–Crippen LogP) is 1.59. The van der Waals surface area contributed by atoms with E-state index in [0.717, 1.165) is 5.56 Å². The number of hydrogen-bond donors (Lipinski definition) is 3. The average molecular weight is 527 g/mol. The zero-order chi connectivity index (χ0) is 26.5. The molecule has 5 rings (SSSR count). The van der Waals surface area contributed by atoms with E-state index in [9.17, 15) is 19.2 Å². The van der Waals surface area contributed by atoms with Crippen LogP contribution >= 0.6 is 11.6 Å². The minimum atomic E-state index is -1.47. The Labute approximate surface area is 218 Å². The van der Waals surface area contributed by atoms with Crippen molar-refractivity contribution < 1.29 is 28.7 Å². The third kappa shape index (κ3) is 3.91. The maximum atomic E-state index is 13.8. The molecular weight excluding hydrogens is 500 g/mol. The first kappa shape index (κ1) is 25.0. The van der Waals surface area contributed by atoms with Gasteiger partial charge in [0.15, 0.2) is 11.5 Å². The molecule has 2 saturated heterocycles. The van der Waals surface area contributed by atoms with Gasteiger partial charge in [-0.25, -0.2) is 0 Å². The van der Waals surface area contributed by atoms with Crippen LogP contribution in [0.3, 0.4) is 0 Å². The molecule has 4 amide bonds. The Hall–Kier alpha value is -3.63. The summed E-state index contributed by atoms with van der Waals surface area (Å²) in [6, 6.07) is 9.76. The molecule has 0 bridgehead atoms. The molecule has 4 atom stereocenters. The first-order valence-corrected chi connectivity index (χ1v) is 12.3. The topological polar surface area (TPSA) is 140 Å². The second-order valence-electron chi connectivity index (χ2n) is 9.48. The van der Waals surface area contributed by atoms with Gasteiger partial charge in [-0.1, -0.05) is 17.7 Å². The Kier molecular flexibility index (Phi) is 6.33. The highest BCUT2D eigenvalue weighted by Crippen LogP contribution is 2.53. The zero-order valence-corrected chi connectivity index (χ0v) is 21.1. The molecule has 37 heavy (non-hydrogen) atoms. The minimum Gasteiger partial charge on any atom is -0.493 e. The Morgan fingerprint density at radius 2 is 1.84 bits per heavy atom. The average Bonchev–Trinajstić information content (AvgIpc) is 3.45. The van der Waals surface area contributed by atoms with Crippen LogP contribution < -0.4 is 25.8 Å². The molecule has 11 heteroatoms. The van der Waals surface area contributed by atoms with E-state index in [1.54, 1.807) is 37.4 Å². The smallest absolute Gasteiger partial charge is 0.250 e. The Morgan fingerprint density at radius 3 is 2.54 bits per heavy atom. The maximum Gasteiger partial charge on any atom is 0.250 e. The molecule has 3 aliphatic rings. The summed E-state index contributed by atoms with van der Waals surface area (Å²) in [5.74, 6) is -2.46. The van der Waals surface area contributed by atoms with Gasteiger partial charge in [0.25, 0.3) is 0 Å². The van der Waals surface area contributed by atoms with Crippen molar-refractivity contribution in [3.63, 3.8) is 0 Å². The number of likely N-dealkylation sites (tertiary alicyclic amines) is 1. The fourth-order valence-electron chi connectivity index (χ4n) is 5.88. The van der Waals surface area contributed by atoms with Gasteiger partial charge in [0.2, 0.25) is 23.6 Å². The van der Waals surface area contributed by atoms with Gasteiger partial charge in [0.1, 0.15) is 5.54 Å². The summed E-state index contributed by atoms with van der Waals surface area (Å²) in [6.45, 7) is 0.128. The molecule has 0 aliphatic carbocycles. The number of anilines is 1. The molecule has 0 saturated carbocycles. The Morgan fingerprint density at radius 1 is 1.08 bits per heavy atom. The highest BCUT2D eigenvalue weighted by molar-refractivity contribution is 6.31. The summed E-state index contributed by atoms with van der Waals surface area (Å²) < 4.78 is 10.6. The summed E-state index contributed by atoms with van der Waals surface area (Å²) >= 11 is 6.26. The molecule has 0 radical (unpaired) electrons. The largest absolute Gasteiger partial charge is 0.493 e. The molecule has 0 unspecified atom stereocenters. The number of ether oxygens (including phenoxy) is 2. The van der Waals surface area contributed by atoms with E-state index in [0.29, 0.717) is 34.2 Å². The third-order valence-corrected chi connectivity index (χ3v) is 7.78. The molecular formula is C26H27ClN4O6. The van der Waals surface area contributed by atoms with E-state index >= 15 is 0 Å². The van der Waals surface area contributed by atoms with E-state index in [4.69, 9.17) is 26.8 Å². The highest BCUT2D eigenvalue weighted by atomic mass is 35.5. The van der Waals surface area contributed by atoms with E-state index in [-0.39, 0.29) is 25.3 Å². The van der Waals surface area contributed by atoms with Gasteiger partial charge in [0, 0.05) is 35.3 Å². The number of nitrogens with zero attached hydrogens (tertiary/aromatic N) is 1. The van der Waals surface area contributed by atoms with Gasteiger partial charge in [-0.3, -0.25) is 29.4 Å². The lowest BCUT2D eigenvalue weighted by atomic mass is 9.76. The van der Waals surface area contributed by atoms with E-state index in [1.807, 2.05) is 6.07 Å².